The molecule has 8 nitrogen and oxygen atoms in total. The number of anilines is 4. The minimum atomic E-state index is -4.04. The van der Waals surface area contributed by atoms with E-state index in [1.165, 1.54) is 12.1 Å². The summed E-state index contributed by atoms with van der Waals surface area (Å²) in [5, 5.41) is 10.5. The van der Waals surface area contributed by atoms with Gasteiger partial charge in [0.1, 0.15) is 12.4 Å². The van der Waals surface area contributed by atoms with Gasteiger partial charge >= 0.3 is 0 Å². The van der Waals surface area contributed by atoms with Gasteiger partial charge < -0.3 is 16.4 Å². The summed E-state index contributed by atoms with van der Waals surface area (Å²) in [7, 11) is -4.04. The number of aryl methyl sites for hydroxylation is 2. The minimum absolute atomic E-state index is 0.0244. The Labute approximate surface area is 208 Å². The molecule has 0 aliphatic carbocycles. The molecule has 0 bridgehead atoms. The van der Waals surface area contributed by atoms with Gasteiger partial charge in [0.25, 0.3) is 0 Å². The van der Waals surface area contributed by atoms with Crippen LogP contribution in [0.25, 0.3) is 0 Å². The Morgan fingerprint density at radius 2 is 1.66 bits per heavy atom. The average molecular weight is 510 g/mol. The van der Waals surface area contributed by atoms with Crippen molar-refractivity contribution in [1.29, 1.82) is 0 Å². The van der Waals surface area contributed by atoms with Gasteiger partial charge in [-0.05, 0) is 55.8 Å². The Balaban J connectivity index is 1.71. The molecule has 1 heterocycles. The minimum Gasteiger partial charge on any atom is -0.383 e. The van der Waals surface area contributed by atoms with Crippen molar-refractivity contribution in [1.82, 2.24) is 9.78 Å². The molecule has 4 aromatic rings. The number of carbonyl (C=O) groups excluding carboxylic acids is 1. The number of nitrogens with two attached hydrogens (primary N) is 1. The third-order valence-corrected chi connectivity index (χ3v) is 7.42. The van der Waals surface area contributed by atoms with Crippen LogP contribution in [-0.2, 0) is 21.2 Å². The number of benzene rings is 3. The summed E-state index contributed by atoms with van der Waals surface area (Å²) in [5.41, 5.74) is 9.33. The van der Waals surface area contributed by atoms with Crippen LogP contribution >= 0.6 is 11.6 Å². The maximum atomic E-state index is 13.5. The topological polar surface area (TPSA) is 119 Å². The van der Waals surface area contributed by atoms with Gasteiger partial charge in [0.15, 0.2) is 10.7 Å². The van der Waals surface area contributed by atoms with Gasteiger partial charge in [-0.3, -0.25) is 4.79 Å². The highest BCUT2D eigenvalue weighted by molar-refractivity contribution is 7.91. The van der Waals surface area contributed by atoms with E-state index < -0.39 is 15.7 Å². The van der Waals surface area contributed by atoms with E-state index >= 15 is 0 Å². The van der Waals surface area contributed by atoms with Gasteiger partial charge in [-0.25, -0.2) is 13.1 Å². The molecular formula is C25H24ClN5O3S. The molecule has 0 aliphatic rings. The van der Waals surface area contributed by atoms with E-state index in [4.69, 9.17) is 17.3 Å². The summed E-state index contributed by atoms with van der Waals surface area (Å²) >= 11 is 6.22. The van der Waals surface area contributed by atoms with Crippen molar-refractivity contribution < 1.29 is 13.2 Å². The maximum Gasteiger partial charge on any atom is 0.246 e. The van der Waals surface area contributed by atoms with E-state index in [9.17, 15) is 13.2 Å². The van der Waals surface area contributed by atoms with Crippen molar-refractivity contribution in [2.24, 2.45) is 0 Å². The molecule has 0 aliphatic heterocycles. The lowest BCUT2D eigenvalue weighted by molar-refractivity contribution is -0.116. The van der Waals surface area contributed by atoms with E-state index in [1.54, 1.807) is 42.5 Å². The first-order valence-corrected chi connectivity index (χ1v) is 12.6. The molecular weight excluding hydrogens is 486 g/mol. The van der Waals surface area contributed by atoms with Crippen LogP contribution in [-0.4, -0.2) is 24.1 Å². The predicted molar refractivity (Wildman–Crippen MR) is 138 cm³/mol. The maximum absolute atomic E-state index is 13.5. The molecule has 0 atom stereocenters. The monoisotopic (exact) mass is 509 g/mol. The smallest absolute Gasteiger partial charge is 0.246 e. The fraction of sp³-hybridized carbons (Fsp3) is 0.120. The molecule has 0 radical (unpaired) electrons. The van der Waals surface area contributed by atoms with Crippen LogP contribution in [0.5, 0.6) is 0 Å². The summed E-state index contributed by atoms with van der Waals surface area (Å²) in [4.78, 5) is 12.6. The first kappa shape index (κ1) is 24.3. The summed E-state index contributed by atoms with van der Waals surface area (Å²) < 4.78 is 28.1. The standard InChI is InChI=1S/C25H24ClN5O3S/c1-16-8-11-18(12-9-16)28-25-23(35(33,34)19-6-4-3-5-7-19)24(27)31(30-25)15-22(32)29-21-13-10-17(2)14-20(21)26/h3-14H,15,27H2,1-2H3,(H,28,30)(H,29,32). The van der Waals surface area contributed by atoms with E-state index in [0.29, 0.717) is 16.4 Å². The lowest BCUT2D eigenvalue weighted by Crippen LogP contribution is -2.21. The van der Waals surface area contributed by atoms with Crippen LogP contribution in [0.4, 0.5) is 23.0 Å². The molecule has 3 aromatic carbocycles. The van der Waals surface area contributed by atoms with Crippen molar-refractivity contribution in [2.75, 3.05) is 16.4 Å². The summed E-state index contributed by atoms with van der Waals surface area (Å²) in [6.07, 6.45) is 0. The number of hydrogen-bond donors (Lipinski definition) is 3. The number of aromatic nitrogens is 2. The summed E-state index contributed by atoms with van der Waals surface area (Å²) in [6, 6.07) is 20.5. The quantitative estimate of drug-likeness (QED) is 0.324. The van der Waals surface area contributed by atoms with E-state index in [0.717, 1.165) is 15.8 Å². The zero-order chi connectivity index (χ0) is 25.2. The van der Waals surface area contributed by atoms with Gasteiger partial charge in [-0.2, -0.15) is 5.10 Å². The van der Waals surface area contributed by atoms with E-state index in [2.05, 4.69) is 15.7 Å². The Kier molecular flexibility index (Phi) is 6.81. The highest BCUT2D eigenvalue weighted by Gasteiger charge is 2.30. The van der Waals surface area contributed by atoms with Gasteiger partial charge in [0, 0.05) is 5.69 Å². The number of hydrogen-bond acceptors (Lipinski definition) is 6. The van der Waals surface area contributed by atoms with Gasteiger partial charge in [-0.15, -0.1) is 0 Å². The molecule has 180 valence electrons. The van der Waals surface area contributed by atoms with E-state index in [1.807, 2.05) is 32.0 Å². The Morgan fingerprint density at radius 3 is 2.31 bits per heavy atom. The average Bonchev–Trinajstić information content (AvgIpc) is 3.12. The second kappa shape index (κ2) is 9.81. The van der Waals surface area contributed by atoms with Gasteiger partial charge in [-0.1, -0.05) is 53.6 Å². The molecule has 35 heavy (non-hydrogen) atoms. The first-order valence-electron chi connectivity index (χ1n) is 10.7. The number of sulfone groups is 1. The number of nitrogen functional groups attached to an aromatic ring is 1. The fourth-order valence-corrected chi connectivity index (χ4v) is 5.22. The lowest BCUT2D eigenvalue weighted by Gasteiger charge is -2.09. The molecule has 10 heteroatoms. The molecule has 1 amide bonds. The third-order valence-electron chi connectivity index (χ3n) is 5.28. The van der Waals surface area contributed by atoms with Crippen molar-refractivity contribution in [3.63, 3.8) is 0 Å². The van der Waals surface area contributed by atoms with Crippen LogP contribution in [0.15, 0.2) is 82.6 Å². The molecule has 0 unspecified atom stereocenters. The highest BCUT2D eigenvalue weighted by atomic mass is 35.5. The Bertz CT molecular complexity index is 1480. The Hall–Kier alpha value is -3.82. The van der Waals surface area contributed by atoms with Crippen LogP contribution in [0.1, 0.15) is 11.1 Å². The molecule has 4 N–H and O–H groups in total. The SMILES string of the molecule is Cc1ccc(Nc2nn(CC(=O)Nc3ccc(C)cc3Cl)c(N)c2S(=O)(=O)c2ccccc2)cc1. The predicted octanol–water partition coefficient (Wildman–Crippen LogP) is 4.95. The Morgan fingerprint density at radius 1 is 1.00 bits per heavy atom. The molecule has 0 fully saturated rings. The molecule has 0 spiro atoms. The number of halogens is 1. The van der Waals surface area contributed by atoms with Crippen molar-refractivity contribution in [2.45, 2.75) is 30.2 Å². The van der Waals surface area contributed by atoms with Crippen molar-refractivity contribution in [3.8, 4) is 0 Å². The second-order valence-corrected chi connectivity index (χ2v) is 10.4. The highest BCUT2D eigenvalue weighted by Crippen LogP contribution is 2.34. The molecule has 1 aromatic heterocycles. The van der Waals surface area contributed by atoms with Crippen molar-refractivity contribution in [3.05, 3.63) is 88.9 Å². The van der Waals surface area contributed by atoms with Crippen LogP contribution < -0.4 is 16.4 Å². The second-order valence-electron chi connectivity index (χ2n) is 8.06. The molecule has 0 saturated heterocycles. The number of amides is 1. The first-order chi connectivity index (χ1) is 16.6. The zero-order valence-electron chi connectivity index (χ0n) is 19.1. The molecule has 0 saturated carbocycles. The summed E-state index contributed by atoms with van der Waals surface area (Å²) in [6.45, 7) is 3.52. The zero-order valence-corrected chi connectivity index (χ0v) is 20.7. The number of rotatable bonds is 7. The molecule has 4 rings (SSSR count). The number of nitrogens with one attached hydrogen (secondary N) is 2. The van der Waals surface area contributed by atoms with Crippen LogP contribution in [0, 0.1) is 13.8 Å². The number of carbonyl (C=O) groups is 1. The van der Waals surface area contributed by atoms with Gasteiger partial charge in [0.05, 0.1) is 15.6 Å². The number of nitrogens with zero attached hydrogens (tertiary/aromatic N) is 2. The van der Waals surface area contributed by atoms with Crippen LogP contribution in [0.3, 0.4) is 0 Å². The van der Waals surface area contributed by atoms with Gasteiger partial charge in [0.2, 0.25) is 15.7 Å². The fourth-order valence-electron chi connectivity index (χ4n) is 3.46. The normalized spacial score (nSPS) is 11.3. The van der Waals surface area contributed by atoms with Crippen LogP contribution in [0.2, 0.25) is 5.02 Å². The summed E-state index contributed by atoms with van der Waals surface area (Å²) in [5.74, 6) is -0.597. The van der Waals surface area contributed by atoms with E-state index in [-0.39, 0.29) is 28.0 Å². The largest absolute Gasteiger partial charge is 0.383 e. The third kappa shape index (κ3) is 5.31. The lowest BCUT2D eigenvalue weighted by atomic mass is 10.2. The van der Waals surface area contributed by atoms with Crippen molar-refractivity contribution >= 4 is 50.4 Å².